The van der Waals surface area contributed by atoms with Crippen LogP contribution in [0.5, 0.6) is 0 Å². The van der Waals surface area contributed by atoms with Crippen LogP contribution in [0.25, 0.3) is 10.9 Å². The molecule has 1 aromatic heterocycles. The molecule has 1 saturated carbocycles. The van der Waals surface area contributed by atoms with E-state index in [0.717, 1.165) is 22.3 Å². The van der Waals surface area contributed by atoms with E-state index in [0.29, 0.717) is 16.9 Å². The van der Waals surface area contributed by atoms with Crippen LogP contribution in [-0.2, 0) is 17.9 Å². The summed E-state index contributed by atoms with van der Waals surface area (Å²) in [6, 6.07) is 13.8. The Kier molecular flexibility index (Phi) is 6.83. The van der Waals surface area contributed by atoms with Gasteiger partial charge in [0.05, 0.1) is 17.2 Å². The molecule has 0 radical (unpaired) electrons. The molecule has 1 aliphatic rings. The molecule has 0 aliphatic heterocycles. The minimum absolute atomic E-state index is 0.0823. The van der Waals surface area contributed by atoms with Crippen LogP contribution in [0.3, 0.4) is 0 Å². The molecule has 1 amide bonds. The number of amides is 1. The summed E-state index contributed by atoms with van der Waals surface area (Å²) in [7, 11) is 2.16. The molecule has 0 saturated heterocycles. The standard InChI is InChI=1S/C24H27BrN4O2/c1-28(19-8-3-2-4-9-19)14-17-7-5-6-10-21(17)27-23(30)15-29-16-26-22-12-11-18(25)13-20(22)24(29)31/h5-7,10-13,16,19H,2-4,8-9,14-15H2,1H3,(H,27,30). The zero-order chi connectivity index (χ0) is 21.8. The van der Waals surface area contributed by atoms with Gasteiger partial charge in [-0.25, -0.2) is 4.98 Å². The van der Waals surface area contributed by atoms with Crippen LogP contribution in [0, 0.1) is 0 Å². The van der Waals surface area contributed by atoms with Crippen molar-refractivity contribution in [2.45, 2.75) is 51.2 Å². The monoisotopic (exact) mass is 482 g/mol. The minimum atomic E-state index is -0.244. The number of para-hydroxylation sites is 1. The lowest BCUT2D eigenvalue weighted by molar-refractivity contribution is -0.116. The topological polar surface area (TPSA) is 67.2 Å². The summed E-state index contributed by atoms with van der Waals surface area (Å²) in [4.78, 5) is 32.2. The molecule has 1 fully saturated rings. The molecule has 7 heteroatoms. The van der Waals surface area contributed by atoms with E-state index in [1.807, 2.05) is 24.3 Å². The van der Waals surface area contributed by atoms with Crippen LogP contribution in [0.1, 0.15) is 37.7 Å². The van der Waals surface area contributed by atoms with Crippen molar-refractivity contribution in [3.8, 4) is 0 Å². The number of carbonyl (C=O) groups is 1. The molecule has 0 bridgehead atoms. The molecule has 1 heterocycles. The third kappa shape index (κ3) is 5.22. The predicted molar refractivity (Wildman–Crippen MR) is 127 cm³/mol. The Labute approximate surface area is 190 Å². The fourth-order valence-electron chi connectivity index (χ4n) is 4.29. The summed E-state index contributed by atoms with van der Waals surface area (Å²) in [6.07, 6.45) is 7.81. The Morgan fingerprint density at radius 3 is 2.77 bits per heavy atom. The highest BCUT2D eigenvalue weighted by Gasteiger charge is 2.19. The van der Waals surface area contributed by atoms with Gasteiger partial charge in [0.2, 0.25) is 5.91 Å². The van der Waals surface area contributed by atoms with E-state index in [1.54, 1.807) is 12.1 Å². The van der Waals surface area contributed by atoms with Gasteiger partial charge in [0.25, 0.3) is 5.56 Å². The second-order valence-electron chi connectivity index (χ2n) is 8.25. The number of hydrogen-bond acceptors (Lipinski definition) is 4. The van der Waals surface area contributed by atoms with E-state index in [2.05, 4.69) is 44.2 Å². The molecule has 162 valence electrons. The van der Waals surface area contributed by atoms with E-state index in [4.69, 9.17) is 0 Å². The van der Waals surface area contributed by atoms with Crippen LogP contribution in [0.15, 0.2) is 58.1 Å². The van der Waals surface area contributed by atoms with Crippen LogP contribution >= 0.6 is 15.9 Å². The Bertz CT molecular complexity index is 1140. The van der Waals surface area contributed by atoms with Gasteiger partial charge in [0.15, 0.2) is 0 Å². The molecule has 0 spiro atoms. The molecule has 2 aromatic carbocycles. The molecule has 1 aliphatic carbocycles. The number of halogens is 1. The number of fused-ring (bicyclic) bond motifs is 1. The highest BCUT2D eigenvalue weighted by atomic mass is 79.9. The number of nitrogens with zero attached hydrogens (tertiary/aromatic N) is 3. The molecule has 3 aromatic rings. The second-order valence-corrected chi connectivity index (χ2v) is 9.17. The van der Waals surface area contributed by atoms with Gasteiger partial charge in [0.1, 0.15) is 6.54 Å². The van der Waals surface area contributed by atoms with Crippen molar-refractivity contribution >= 4 is 38.4 Å². The summed E-state index contributed by atoms with van der Waals surface area (Å²) < 4.78 is 2.15. The third-order valence-corrected chi connectivity index (χ3v) is 6.50. The van der Waals surface area contributed by atoms with E-state index in [1.165, 1.54) is 43.0 Å². The molecule has 6 nitrogen and oxygen atoms in total. The lowest BCUT2D eigenvalue weighted by Crippen LogP contribution is -2.33. The number of nitrogens with one attached hydrogen (secondary N) is 1. The summed E-state index contributed by atoms with van der Waals surface area (Å²) >= 11 is 3.38. The van der Waals surface area contributed by atoms with Crippen LogP contribution < -0.4 is 10.9 Å². The molecule has 31 heavy (non-hydrogen) atoms. The van der Waals surface area contributed by atoms with E-state index >= 15 is 0 Å². The fraction of sp³-hybridized carbons (Fsp3) is 0.375. The van der Waals surface area contributed by atoms with Gasteiger partial charge in [-0.15, -0.1) is 0 Å². The first-order valence-corrected chi connectivity index (χ1v) is 11.5. The zero-order valence-electron chi connectivity index (χ0n) is 17.7. The molecule has 0 unspecified atom stereocenters. The fourth-order valence-corrected chi connectivity index (χ4v) is 4.65. The molecular weight excluding hydrogens is 456 g/mol. The number of rotatable bonds is 6. The second kappa shape index (κ2) is 9.75. The van der Waals surface area contributed by atoms with Crippen LogP contribution in [0.2, 0.25) is 0 Å². The maximum absolute atomic E-state index is 12.8. The first kappa shape index (κ1) is 21.7. The third-order valence-electron chi connectivity index (χ3n) is 6.01. The van der Waals surface area contributed by atoms with Gasteiger partial charge >= 0.3 is 0 Å². The number of carbonyl (C=O) groups excluding carboxylic acids is 1. The van der Waals surface area contributed by atoms with Crippen molar-refractivity contribution in [1.29, 1.82) is 0 Å². The van der Waals surface area contributed by atoms with Crippen molar-refractivity contribution in [2.75, 3.05) is 12.4 Å². The summed E-state index contributed by atoms with van der Waals surface area (Å²) in [5.41, 5.74) is 2.25. The summed E-state index contributed by atoms with van der Waals surface area (Å²) in [5.74, 6) is -0.244. The average molecular weight is 483 g/mol. The molecular formula is C24H27BrN4O2. The Hall–Kier alpha value is -2.51. The van der Waals surface area contributed by atoms with E-state index < -0.39 is 0 Å². The highest BCUT2D eigenvalue weighted by molar-refractivity contribution is 9.10. The maximum atomic E-state index is 12.8. The van der Waals surface area contributed by atoms with Crippen molar-refractivity contribution in [1.82, 2.24) is 14.5 Å². The van der Waals surface area contributed by atoms with Crippen molar-refractivity contribution in [2.24, 2.45) is 0 Å². The molecule has 4 rings (SSSR count). The van der Waals surface area contributed by atoms with Gasteiger partial charge in [-0.2, -0.15) is 0 Å². The first-order chi connectivity index (χ1) is 15.0. The Balaban J connectivity index is 1.47. The van der Waals surface area contributed by atoms with Gasteiger partial charge in [-0.3, -0.25) is 19.1 Å². The van der Waals surface area contributed by atoms with Gasteiger partial charge in [-0.1, -0.05) is 53.4 Å². The molecule has 1 N–H and O–H groups in total. The first-order valence-electron chi connectivity index (χ1n) is 10.7. The SMILES string of the molecule is CN(Cc1ccccc1NC(=O)Cn1cnc2ccc(Br)cc2c1=O)C1CCCCC1. The van der Waals surface area contributed by atoms with Crippen molar-refractivity contribution in [3.63, 3.8) is 0 Å². The predicted octanol–water partition coefficient (Wildman–Crippen LogP) is 4.56. The van der Waals surface area contributed by atoms with E-state index in [-0.39, 0.29) is 18.0 Å². The zero-order valence-corrected chi connectivity index (χ0v) is 19.3. The molecule has 0 atom stereocenters. The number of hydrogen-bond donors (Lipinski definition) is 1. The lowest BCUT2D eigenvalue weighted by Gasteiger charge is -2.31. The number of benzene rings is 2. The quantitative estimate of drug-likeness (QED) is 0.558. The van der Waals surface area contributed by atoms with Gasteiger partial charge in [0, 0.05) is 22.7 Å². The highest BCUT2D eigenvalue weighted by Crippen LogP contribution is 2.25. The normalized spacial score (nSPS) is 14.8. The number of aromatic nitrogens is 2. The lowest BCUT2D eigenvalue weighted by atomic mass is 9.94. The number of anilines is 1. The van der Waals surface area contributed by atoms with Crippen molar-refractivity contribution in [3.05, 3.63) is 69.2 Å². The summed E-state index contributed by atoms with van der Waals surface area (Å²) in [6.45, 7) is 0.702. The van der Waals surface area contributed by atoms with Crippen LogP contribution in [0.4, 0.5) is 5.69 Å². The van der Waals surface area contributed by atoms with Crippen LogP contribution in [-0.4, -0.2) is 33.4 Å². The maximum Gasteiger partial charge on any atom is 0.261 e. The smallest absolute Gasteiger partial charge is 0.261 e. The Morgan fingerprint density at radius 1 is 1.19 bits per heavy atom. The largest absolute Gasteiger partial charge is 0.324 e. The Morgan fingerprint density at radius 2 is 1.97 bits per heavy atom. The van der Waals surface area contributed by atoms with Gasteiger partial charge in [-0.05, 0) is 49.7 Å². The van der Waals surface area contributed by atoms with Crippen molar-refractivity contribution < 1.29 is 4.79 Å². The average Bonchev–Trinajstić information content (AvgIpc) is 2.78. The summed E-state index contributed by atoms with van der Waals surface area (Å²) in [5, 5.41) is 3.48. The van der Waals surface area contributed by atoms with Gasteiger partial charge < -0.3 is 5.32 Å². The van der Waals surface area contributed by atoms with E-state index in [9.17, 15) is 9.59 Å². The minimum Gasteiger partial charge on any atom is -0.324 e.